The highest BCUT2D eigenvalue weighted by molar-refractivity contribution is 6.30. The number of aryl methyl sites for hydroxylation is 1. The molecular formula is C12H13ClN2O. The quantitative estimate of drug-likeness (QED) is 0.890. The van der Waals surface area contributed by atoms with E-state index in [1.54, 1.807) is 18.3 Å². The van der Waals surface area contributed by atoms with Gasteiger partial charge in [-0.1, -0.05) is 23.7 Å². The molecule has 16 heavy (non-hydrogen) atoms. The summed E-state index contributed by atoms with van der Waals surface area (Å²) in [5, 5.41) is 10.7. The average Bonchev–Trinajstić information content (AvgIpc) is 2.64. The summed E-state index contributed by atoms with van der Waals surface area (Å²) in [5.41, 5.74) is 0.820. The van der Waals surface area contributed by atoms with Crippen LogP contribution >= 0.6 is 11.6 Å². The largest absolute Gasteiger partial charge is 0.387 e. The molecule has 2 rings (SSSR count). The Hall–Kier alpha value is -1.32. The summed E-state index contributed by atoms with van der Waals surface area (Å²) in [6.45, 7) is 2.40. The zero-order valence-corrected chi connectivity index (χ0v) is 9.72. The van der Waals surface area contributed by atoms with Crippen molar-refractivity contribution in [1.82, 2.24) is 9.55 Å². The molecule has 0 aliphatic rings. The fourth-order valence-electron chi connectivity index (χ4n) is 1.60. The second-order valence-corrected chi connectivity index (χ2v) is 4.13. The van der Waals surface area contributed by atoms with Crippen LogP contribution in [0.4, 0.5) is 0 Å². The summed E-state index contributed by atoms with van der Waals surface area (Å²) < 4.78 is 1.91. The lowest BCUT2D eigenvalue weighted by Gasteiger charge is -2.13. The Kier molecular flexibility index (Phi) is 3.27. The van der Waals surface area contributed by atoms with Crippen molar-refractivity contribution in [3.8, 4) is 0 Å². The van der Waals surface area contributed by atoms with Crippen molar-refractivity contribution in [3.63, 3.8) is 0 Å². The van der Waals surface area contributed by atoms with E-state index in [0.717, 1.165) is 11.4 Å². The number of hydrogen-bond acceptors (Lipinski definition) is 2. The van der Waals surface area contributed by atoms with Crippen molar-refractivity contribution in [1.29, 1.82) is 0 Å². The molecule has 0 saturated carbocycles. The lowest BCUT2D eigenvalue weighted by atomic mass is 10.1. The lowest BCUT2D eigenvalue weighted by Crippen LogP contribution is -2.09. The molecule has 1 heterocycles. The van der Waals surface area contributed by atoms with E-state index in [1.807, 2.05) is 29.8 Å². The Labute approximate surface area is 99.3 Å². The van der Waals surface area contributed by atoms with Gasteiger partial charge in [-0.05, 0) is 24.6 Å². The smallest absolute Gasteiger partial charge is 0.105 e. The van der Waals surface area contributed by atoms with Gasteiger partial charge in [0.25, 0.3) is 0 Å². The first-order chi connectivity index (χ1) is 7.66. The van der Waals surface area contributed by atoms with Crippen LogP contribution in [0.3, 0.4) is 0 Å². The van der Waals surface area contributed by atoms with E-state index >= 15 is 0 Å². The van der Waals surface area contributed by atoms with Gasteiger partial charge < -0.3 is 9.67 Å². The molecule has 0 aliphatic heterocycles. The van der Waals surface area contributed by atoms with Crippen molar-refractivity contribution in [2.45, 2.75) is 19.6 Å². The SMILES string of the molecule is Cc1nccn1CC(O)c1cccc(Cl)c1. The van der Waals surface area contributed by atoms with Gasteiger partial charge in [-0.2, -0.15) is 0 Å². The Bertz CT molecular complexity index is 481. The predicted octanol–water partition coefficient (Wildman–Crippen LogP) is 2.58. The highest BCUT2D eigenvalue weighted by Crippen LogP contribution is 2.19. The van der Waals surface area contributed by atoms with Crippen LogP contribution in [0.1, 0.15) is 17.5 Å². The third-order valence-electron chi connectivity index (χ3n) is 2.53. The second kappa shape index (κ2) is 4.68. The molecular weight excluding hydrogens is 224 g/mol. The lowest BCUT2D eigenvalue weighted by molar-refractivity contribution is 0.155. The van der Waals surface area contributed by atoms with Crippen LogP contribution in [0.25, 0.3) is 0 Å². The number of hydrogen-bond donors (Lipinski definition) is 1. The van der Waals surface area contributed by atoms with Gasteiger partial charge in [-0.15, -0.1) is 0 Å². The number of imidazole rings is 1. The molecule has 4 heteroatoms. The van der Waals surface area contributed by atoms with Crippen molar-refractivity contribution < 1.29 is 5.11 Å². The van der Waals surface area contributed by atoms with E-state index < -0.39 is 6.10 Å². The van der Waals surface area contributed by atoms with Gasteiger partial charge >= 0.3 is 0 Å². The van der Waals surface area contributed by atoms with Crippen LogP contribution in [0.15, 0.2) is 36.7 Å². The van der Waals surface area contributed by atoms with E-state index in [1.165, 1.54) is 0 Å². The molecule has 0 aliphatic carbocycles. The minimum absolute atomic E-state index is 0.492. The highest BCUT2D eigenvalue weighted by atomic mass is 35.5. The summed E-state index contributed by atoms with van der Waals surface area (Å²) in [6, 6.07) is 7.27. The molecule has 1 aromatic heterocycles. The molecule has 1 atom stereocenters. The number of aromatic nitrogens is 2. The summed E-state index contributed by atoms with van der Waals surface area (Å²) in [4.78, 5) is 4.11. The van der Waals surface area contributed by atoms with E-state index in [9.17, 15) is 5.11 Å². The standard InChI is InChI=1S/C12H13ClN2O/c1-9-14-5-6-15(9)8-12(16)10-3-2-4-11(13)7-10/h2-7,12,16H,8H2,1H3. The van der Waals surface area contributed by atoms with Gasteiger partial charge in [0.15, 0.2) is 0 Å². The number of nitrogens with zero attached hydrogens (tertiary/aromatic N) is 2. The van der Waals surface area contributed by atoms with E-state index in [0.29, 0.717) is 11.6 Å². The first-order valence-electron chi connectivity index (χ1n) is 5.08. The van der Waals surface area contributed by atoms with Crippen molar-refractivity contribution in [3.05, 3.63) is 53.1 Å². The monoisotopic (exact) mass is 236 g/mol. The van der Waals surface area contributed by atoms with Gasteiger partial charge in [0.05, 0.1) is 12.6 Å². The van der Waals surface area contributed by atoms with Crippen LogP contribution < -0.4 is 0 Å². The first-order valence-corrected chi connectivity index (χ1v) is 5.46. The minimum Gasteiger partial charge on any atom is -0.387 e. The van der Waals surface area contributed by atoms with Crippen LogP contribution in [0.2, 0.25) is 5.02 Å². The molecule has 1 aromatic carbocycles. The number of halogens is 1. The fourth-order valence-corrected chi connectivity index (χ4v) is 1.80. The Morgan fingerprint density at radius 1 is 1.50 bits per heavy atom. The Morgan fingerprint density at radius 2 is 2.31 bits per heavy atom. The van der Waals surface area contributed by atoms with Crippen molar-refractivity contribution >= 4 is 11.6 Å². The molecule has 0 saturated heterocycles. The van der Waals surface area contributed by atoms with Gasteiger partial charge in [0, 0.05) is 17.4 Å². The number of benzene rings is 1. The predicted molar refractivity (Wildman–Crippen MR) is 63.4 cm³/mol. The maximum atomic E-state index is 10.0. The summed E-state index contributed by atoms with van der Waals surface area (Å²) in [6.07, 6.45) is 3.01. The minimum atomic E-state index is -0.563. The van der Waals surface area contributed by atoms with Crippen LogP contribution in [-0.2, 0) is 6.54 Å². The zero-order valence-electron chi connectivity index (χ0n) is 8.97. The normalized spacial score (nSPS) is 12.7. The molecule has 3 nitrogen and oxygen atoms in total. The van der Waals surface area contributed by atoms with E-state index in [4.69, 9.17) is 11.6 Å². The maximum Gasteiger partial charge on any atom is 0.105 e. The fraction of sp³-hybridized carbons (Fsp3) is 0.250. The zero-order chi connectivity index (χ0) is 11.5. The van der Waals surface area contributed by atoms with E-state index in [2.05, 4.69) is 4.98 Å². The average molecular weight is 237 g/mol. The van der Waals surface area contributed by atoms with Crippen LogP contribution in [0, 0.1) is 6.92 Å². The van der Waals surface area contributed by atoms with Crippen LogP contribution in [-0.4, -0.2) is 14.7 Å². The molecule has 1 unspecified atom stereocenters. The summed E-state index contributed by atoms with van der Waals surface area (Å²) in [5.74, 6) is 0.890. The maximum absolute atomic E-state index is 10.0. The van der Waals surface area contributed by atoms with Crippen molar-refractivity contribution in [2.24, 2.45) is 0 Å². The third kappa shape index (κ3) is 2.43. The molecule has 0 radical (unpaired) electrons. The molecule has 0 fully saturated rings. The number of aliphatic hydroxyl groups is 1. The van der Waals surface area contributed by atoms with Gasteiger partial charge in [0.1, 0.15) is 5.82 Å². The van der Waals surface area contributed by atoms with E-state index in [-0.39, 0.29) is 0 Å². The molecule has 0 spiro atoms. The van der Waals surface area contributed by atoms with Crippen molar-refractivity contribution in [2.75, 3.05) is 0 Å². The number of rotatable bonds is 3. The number of aliphatic hydroxyl groups excluding tert-OH is 1. The Morgan fingerprint density at radius 3 is 2.94 bits per heavy atom. The molecule has 84 valence electrons. The summed E-state index contributed by atoms with van der Waals surface area (Å²) in [7, 11) is 0. The van der Waals surface area contributed by atoms with Gasteiger partial charge in [-0.25, -0.2) is 4.98 Å². The first kappa shape index (κ1) is 11.2. The Balaban J connectivity index is 2.14. The second-order valence-electron chi connectivity index (χ2n) is 3.70. The molecule has 1 N–H and O–H groups in total. The molecule has 0 bridgehead atoms. The van der Waals surface area contributed by atoms with Gasteiger partial charge in [-0.3, -0.25) is 0 Å². The topological polar surface area (TPSA) is 38.0 Å². The summed E-state index contributed by atoms with van der Waals surface area (Å²) >= 11 is 5.87. The molecule has 2 aromatic rings. The van der Waals surface area contributed by atoms with Crippen LogP contribution in [0.5, 0.6) is 0 Å². The van der Waals surface area contributed by atoms with Gasteiger partial charge in [0.2, 0.25) is 0 Å². The third-order valence-corrected chi connectivity index (χ3v) is 2.76. The molecule has 0 amide bonds. The highest BCUT2D eigenvalue weighted by Gasteiger charge is 2.09.